The molecule has 0 fully saturated rings. The van der Waals surface area contributed by atoms with Gasteiger partial charge in [-0.1, -0.05) is 6.92 Å². The van der Waals surface area contributed by atoms with E-state index in [2.05, 4.69) is 0 Å². The lowest BCUT2D eigenvalue weighted by Crippen LogP contribution is -2.36. The van der Waals surface area contributed by atoms with Crippen LogP contribution in [0, 0.1) is 0 Å². The summed E-state index contributed by atoms with van der Waals surface area (Å²) in [5.74, 6) is 0.347. The van der Waals surface area contributed by atoms with E-state index in [1.807, 2.05) is 20.8 Å². The second kappa shape index (κ2) is 5.49. The normalized spacial score (nSPS) is 12.6. The lowest BCUT2D eigenvalue weighted by Gasteiger charge is -2.23. The van der Waals surface area contributed by atoms with Gasteiger partial charge in [0.1, 0.15) is 4.21 Å². The third-order valence-electron chi connectivity index (χ3n) is 2.23. The molecule has 0 aliphatic rings. The summed E-state index contributed by atoms with van der Waals surface area (Å²) in [4.78, 5) is 0. The van der Waals surface area contributed by atoms with Gasteiger partial charge in [0.15, 0.2) is 0 Å². The van der Waals surface area contributed by atoms with Crippen LogP contribution in [-0.2, 0) is 15.9 Å². The maximum atomic E-state index is 12.2. The van der Waals surface area contributed by atoms with E-state index in [0.717, 1.165) is 5.56 Å². The molecule has 0 saturated heterocycles. The smallest absolute Gasteiger partial charge is 0.206 e. The van der Waals surface area contributed by atoms with Crippen LogP contribution in [0.4, 0.5) is 0 Å². The van der Waals surface area contributed by atoms with Crippen LogP contribution in [0.2, 0.25) is 0 Å². The number of alkyl halides is 1. The molecule has 0 amide bonds. The molecule has 0 unspecified atom stereocenters. The van der Waals surface area contributed by atoms with E-state index in [0.29, 0.717) is 16.6 Å². The average molecular weight is 282 g/mol. The van der Waals surface area contributed by atoms with Crippen molar-refractivity contribution in [3.8, 4) is 0 Å². The molecule has 92 valence electrons. The van der Waals surface area contributed by atoms with E-state index in [-0.39, 0.29) is 6.04 Å². The van der Waals surface area contributed by atoms with Gasteiger partial charge in [0, 0.05) is 18.5 Å². The molecule has 0 radical (unpaired) electrons. The van der Waals surface area contributed by atoms with Crippen molar-refractivity contribution in [1.82, 2.24) is 4.31 Å². The topological polar surface area (TPSA) is 37.4 Å². The first-order valence-corrected chi connectivity index (χ1v) is 7.94. The van der Waals surface area contributed by atoms with Crippen molar-refractivity contribution in [1.29, 1.82) is 0 Å². The van der Waals surface area contributed by atoms with Gasteiger partial charge >= 0.3 is 0 Å². The number of thiophene rings is 1. The van der Waals surface area contributed by atoms with Crippen molar-refractivity contribution in [2.24, 2.45) is 0 Å². The molecular formula is C10H16ClNO2S2. The molecule has 16 heavy (non-hydrogen) atoms. The van der Waals surface area contributed by atoms with Gasteiger partial charge in [-0.2, -0.15) is 4.31 Å². The van der Waals surface area contributed by atoms with Crippen LogP contribution in [0.5, 0.6) is 0 Å². The van der Waals surface area contributed by atoms with E-state index in [9.17, 15) is 8.42 Å². The van der Waals surface area contributed by atoms with Gasteiger partial charge in [0.05, 0.1) is 0 Å². The Morgan fingerprint density at radius 1 is 1.50 bits per heavy atom. The highest BCUT2D eigenvalue weighted by atomic mass is 35.5. The Morgan fingerprint density at radius 2 is 2.12 bits per heavy atom. The number of rotatable bonds is 5. The summed E-state index contributed by atoms with van der Waals surface area (Å²) in [6.45, 7) is 6.07. The van der Waals surface area contributed by atoms with E-state index in [4.69, 9.17) is 11.6 Å². The number of halogens is 1. The standard InChI is InChI=1S/C10H16ClNO2S2/c1-4-12(8(2)3)16(13,14)10-5-9(6-11)7-15-10/h5,7-8H,4,6H2,1-3H3. The first kappa shape index (κ1) is 14.0. The zero-order valence-corrected chi connectivity index (χ0v) is 12.0. The van der Waals surface area contributed by atoms with Crippen molar-refractivity contribution >= 4 is 33.0 Å². The zero-order valence-electron chi connectivity index (χ0n) is 9.60. The first-order valence-electron chi connectivity index (χ1n) is 5.08. The molecule has 3 nitrogen and oxygen atoms in total. The minimum absolute atomic E-state index is 0.0310. The van der Waals surface area contributed by atoms with E-state index in [1.54, 1.807) is 11.4 Å². The Bertz CT molecular complexity index is 439. The Hall–Kier alpha value is -0.100. The molecule has 0 atom stereocenters. The molecule has 0 spiro atoms. The fourth-order valence-corrected chi connectivity index (χ4v) is 4.72. The monoisotopic (exact) mass is 281 g/mol. The maximum Gasteiger partial charge on any atom is 0.252 e. The van der Waals surface area contributed by atoms with E-state index < -0.39 is 10.0 Å². The number of hydrogen-bond acceptors (Lipinski definition) is 3. The molecule has 1 heterocycles. The first-order chi connectivity index (χ1) is 7.43. The second-order valence-corrected chi connectivity index (χ2v) is 7.01. The minimum Gasteiger partial charge on any atom is -0.206 e. The van der Waals surface area contributed by atoms with Crippen molar-refractivity contribution < 1.29 is 8.42 Å². The molecule has 1 rings (SSSR count). The quantitative estimate of drug-likeness (QED) is 0.778. The zero-order chi connectivity index (χ0) is 12.3. The van der Waals surface area contributed by atoms with Gasteiger partial charge in [-0.25, -0.2) is 8.42 Å². The summed E-state index contributed by atoms with van der Waals surface area (Å²) in [5.41, 5.74) is 0.852. The summed E-state index contributed by atoms with van der Waals surface area (Å²) in [5, 5.41) is 1.79. The number of sulfonamides is 1. The molecular weight excluding hydrogens is 266 g/mol. The molecule has 1 aromatic rings. The van der Waals surface area contributed by atoms with Crippen LogP contribution < -0.4 is 0 Å². The lowest BCUT2D eigenvalue weighted by molar-refractivity contribution is 0.370. The summed E-state index contributed by atoms with van der Waals surface area (Å²) in [6, 6.07) is 1.62. The third-order valence-corrected chi connectivity index (χ3v) is 6.16. The van der Waals surface area contributed by atoms with Crippen LogP contribution >= 0.6 is 22.9 Å². The largest absolute Gasteiger partial charge is 0.252 e. The summed E-state index contributed by atoms with van der Waals surface area (Å²) >= 11 is 6.89. The Balaban J connectivity index is 3.09. The van der Waals surface area contributed by atoms with Gasteiger partial charge in [-0.15, -0.1) is 22.9 Å². The minimum atomic E-state index is -3.35. The van der Waals surface area contributed by atoms with Crippen LogP contribution in [0.25, 0.3) is 0 Å². The van der Waals surface area contributed by atoms with Gasteiger partial charge in [0.2, 0.25) is 0 Å². The van der Waals surface area contributed by atoms with E-state index in [1.165, 1.54) is 15.6 Å². The van der Waals surface area contributed by atoms with Gasteiger partial charge in [-0.05, 0) is 30.9 Å². The Labute approximate surface area is 106 Å². The van der Waals surface area contributed by atoms with Gasteiger partial charge in [-0.3, -0.25) is 0 Å². The fraction of sp³-hybridized carbons (Fsp3) is 0.600. The van der Waals surface area contributed by atoms with Crippen LogP contribution in [-0.4, -0.2) is 25.3 Å². The highest BCUT2D eigenvalue weighted by Crippen LogP contribution is 2.25. The lowest BCUT2D eigenvalue weighted by atomic mass is 10.4. The van der Waals surface area contributed by atoms with Crippen LogP contribution in [0.3, 0.4) is 0 Å². The van der Waals surface area contributed by atoms with Crippen LogP contribution in [0.15, 0.2) is 15.7 Å². The second-order valence-electron chi connectivity index (χ2n) is 3.71. The Kier molecular flexibility index (Phi) is 4.79. The van der Waals surface area contributed by atoms with Gasteiger partial charge in [0.25, 0.3) is 10.0 Å². The Morgan fingerprint density at radius 3 is 2.50 bits per heavy atom. The molecule has 0 aliphatic carbocycles. The summed E-state index contributed by atoms with van der Waals surface area (Å²) in [6.07, 6.45) is 0. The maximum absolute atomic E-state index is 12.2. The molecule has 0 N–H and O–H groups in total. The van der Waals surface area contributed by atoms with Crippen molar-refractivity contribution in [2.45, 2.75) is 36.9 Å². The summed E-state index contributed by atoms with van der Waals surface area (Å²) < 4.78 is 26.3. The fourth-order valence-electron chi connectivity index (χ4n) is 1.49. The highest BCUT2D eigenvalue weighted by molar-refractivity contribution is 7.91. The molecule has 0 bridgehead atoms. The van der Waals surface area contributed by atoms with Crippen molar-refractivity contribution in [2.75, 3.05) is 6.54 Å². The van der Waals surface area contributed by atoms with Crippen molar-refractivity contribution in [3.05, 3.63) is 17.0 Å². The molecule has 0 saturated carbocycles. The summed E-state index contributed by atoms with van der Waals surface area (Å²) in [7, 11) is -3.35. The molecule has 6 heteroatoms. The molecule has 0 aromatic carbocycles. The van der Waals surface area contributed by atoms with Crippen molar-refractivity contribution in [3.63, 3.8) is 0 Å². The van der Waals surface area contributed by atoms with E-state index >= 15 is 0 Å². The predicted octanol–water partition coefficient (Wildman–Crippen LogP) is 2.91. The molecule has 1 aromatic heterocycles. The number of hydrogen-bond donors (Lipinski definition) is 0. The SMILES string of the molecule is CCN(C(C)C)S(=O)(=O)c1cc(CCl)cs1. The molecule has 0 aliphatic heterocycles. The third kappa shape index (κ3) is 2.77. The highest BCUT2D eigenvalue weighted by Gasteiger charge is 2.26. The van der Waals surface area contributed by atoms with Crippen LogP contribution in [0.1, 0.15) is 26.3 Å². The average Bonchev–Trinajstić information content (AvgIpc) is 2.66. The predicted molar refractivity (Wildman–Crippen MR) is 68.6 cm³/mol. The number of nitrogens with zero attached hydrogens (tertiary/aromatic N) is 1. The van der Waals surface area contributed by atoms with Gasteiger partial charge < -0.3 is 0 Å².